The van der Waals surface area contributed by atoms with Gasteiger partial charge < -0.3 is 19.7 Å². The van der Waals surface area contributed by atoms with Gasteiger partial charge in [0, 0.05) is 12.1 Å². The first-order valence-electron chi connectivity index (χ1n) is 5.70. The number of carboxylic acids is 1. The molecule has 0 aromatic rings. The zero-order valence-electron chi connectivity index (χ0n) is 10.9. The number of rotatable bonds is 8. The summed E-state index contributed by atoms with van der Waals surface area (Å²) in [6.45, 7) is 6.55. The Bertz CT molecular complexity index is 298. The molecule has 0 saturated heterocycles. The van der Waals surface area contributed by atoms with Gasteiger partial charge in [0.05, 0.1) is 26.6 Å². The first-order valence-corrected chi connectivity index (χ1v) is 5.70. The Morgan fingerprint density at radius 1 is 1.29 bits per heavy atom. The van der Waals surface area contributed by atoms with Gasteiger partial charge in [-0.2, -0.15) is 0 Å². The highest BCUT2D eigenvalue weighted by Gasteiger charge is 2.14. The van der Waals surface area contributed by atoms with Gasteiger partial charge in [-0.15, -0.1) is 0 Å². The Hall–Kier alpha value is -1.36. The summed E-state index contributed by atoms with van der Waals surface area (Å²) in [4.78, 5) is 21.6. The molecule has 0 spiro atoms. The third-order valence-electron chi connectivity index (χ3n) is 2.42. The molecule has 0 bridgehead atoms. The highest BCUT2D eigenvalue weighted by atomic mass is 16.4. The van der Waals surface area contributed by atoms with Crippen LogP contribution >= 0.6 is 0 Å². The zero-order valence-corrected chi connectivity index (χ0v) is 10.9. The largest absolute Gasteiger partial charge is 0.544 e. The van der Waals surface area contributed by atoms with Crippen LogP contribution in [-0.2, 0) is 9.59 Å². The van der Waals surface area contributed by atoms with E-state index in [-0.39, 0.29) is 12.5 Å². The summed E-state index contributed by atoms with van der Waals surface area (Å²) in [5, 5.41) is 13.2. The molecule has 5 heteroatoms. The van der Waals surface area contributed by atoms with Crippen molar-refractivity contribution in [3.05, 3.63) is 12.2 Å². The minimum atomic E-state index is -1.04. The van der Waals surface area contributed by atoms with Gasteiger partial charge in [0.2, 0.25) is 5.91 Å². The first kappa shape index (κ1) is 15.6. The highest BCUT2D eigenvalue weighted by molar-refractivity contribution is 5.91. The van der Waals surface area contributed by atoms with Crippen LogP contribution in [0.5, 0.6) is 0 Å². The lowest BCUT2D eigenvalue weighted by molar-refractivity contribution is -0.885. The number of quaternary nitrogens is 1. The SMILES string of the molecule is C=C(C)C(=O)NCCCC[N+](C)(C)CC(=O)[O-]. The van der Waals surface area contributed by atoms with Gasteiger partial charge in [0.15, 0.2) is 0 Å². The van der Waals surface area contributed by atoms with Crippen LogP contribution in [0.15, 0.2) is 12.2 Å². The molecule has 0 aliphatic carbocycles. The molecule has 0 radical (unpaired) electrons. The lowest BCUT2D eigenvalue weighted by atomic mass is 10.2. The molecule has 1 N–H and O–H groups in total. The summed E-state index contributed by atoms with van der Waals surface area (Å²) in [6, 6.07) is 0. The minimum Gasteiger partial charge on any atom is -0.544 e. The molecule has 0 atom stereocenters. The number of carbonyl (C=O) groups excluding carboxylic acids is 2. The van der Waals surface area contributed by atoms with Gasteiger partial charge in [-0.1, -0.05) is 6.58 Å². The molecule has 17 heavy (non-hydrogen) atoms. The molecule has 0 aromatic heterocycles. The van der Waals surface area contributed by atoms with Crippen LogP contribution in [0.4, 0.5) is 0 Å². The maximum absolute atomic E-state index is 11.1. The van der Waals surface area contributed by atoms with Gasteiger partial charge in [-0.25, -0.2) is 0 Å². The number of unbranched alkanes of at least 4 members (excludes halogenated alkanes) is 1. The number of amides is 1. The normalized spacial score (nSPS) is 11.0. The van der Waals surface area contributed by atoms with Gasteiger partial charge in [0.25, 0.3) is 0 Å². The summed E-state index contributed by atoms with van der Waals surface area (Å²) < 4.78 is 0.400. The van der Waals surface area contributed by atoms with Crippen LogP contribution in [0.25, 0.3) is 0 Å². The summed E-state index contributed by atoms with van der Waals surface area (Å²) in [6.07, 6.45) is 1.69. The molecule has 0 unspecified atom stereocenters. The smallest absolute Gasteiger partial charge is 0.246 e. The van der Waals surface area contributed by atoms with E-state index in [1.54, 1.807) is 6.92 Å². The van der Waals surface area contributed by atoms with E-state index >= 15 is 0 Å². The Labute approximate surface area is 103 Å². The van der Waals surface area contributed by atoms with Crippen LogP contribution in [0.1, 0.15) is 19.8 Å². The Kier molecular flexibility index (Phi) is 6.50. The predicted molar refractivity (Wildman–Crippen MR) is 63.9 cm³/mol. The van der Waals surface area contributed by atoms with Crippen LogP contribution < -0.4 is 10.4 Å². The third kappa shape index (κ3) is 8.45. The molecule has 98 valence electrons. The first-order chi connectivity index (χ1) is 7.74. The van der Waals surface area contributed by atoms with Crippen LogP contribution in [0.3, 0.4) is 0 Å². The quantitative estimate of drug-likeness (QED) is 0.347. The summed E-state index contributed by atoms with van der Waals surface area (Å²) in [5.74, 6) is -1.17. The average Bonchev–Trinajstić information content (AvgIpc) is 2.14. The van der Waals surface area contributed by atoms with Crippen molar-refractivity contribution in [3.63, 3.8) is 0 Å². The standard InChI is InChI=1S/C12H22N2O3/c1-10(2)12(17)13-7-5-6-8-14(3,4)9-11(15)16/h1,5-9H2,2-4H3,(H-,13,15,16,17). The highest BCUT2D eigenvalue weighted by Crippen LogP contribution is 2.00. The number of nitrogens with one attached hydrogen (secondary N) is 1. The van der Waals surface area contributed by atoms with Crippen LogP contribution in [0.2, 0.25) is 0 Å². The van der Waals surface area contributed by atoms with Gasteiger partial charge in [-0.05, 0) is 19.8 Å². The molecule has 0 aromatic carbocycles. The maximum Gasteiger partial charge on any atom is 0.246 e. The molecule has 0 saturated carbocycles. The van der Waals surface area contributed by atoms with Crippen molar-refractivity contribution < 1.29 is 19.2 Å². The summed E-state index contributed by atoms with van der Waals surface area (Å²) in [7, 11) is 3.70. The van der Waals surface area contributed by atoms with E-state index in [9.17, 15) is 14.7 Å². The van der Waals surface area contributed by atoms with Crippen molar-refractivity contribution in [2.24, 2.45) is 0 Å². The third-order valence-corrected chi connectivity index (χ3v) is 2.42. The molecular formula is C12H22N2O3. The second kappa shape index (κ2) is 7.06. The second-order valence-electron chi connectivity index (χ2n) is 4.93. The van der Waals surface area contributed by atoms with E-state index in [0.717, 1.165) is 19.4 Å². The van der Waals surface area contributed by atoms with E-state index in [0.29, 0.717) is 16.6 Å². The number of hydrogen-bond acceptors (Lipinski definition) is 3. The van der Waals surface area contributed by atoms with Crippen molar-refractivity contribution in [3.8, 4) is 0 Å². The van der Waals surface area contributed by atoms with E-state index < -0.39 is 5.97 Å². The topological polar surface area (TPSA) is 69.2 Å². The molecular weight excluding hydrogens is 220 g/mol. The second-order valence-corrected chi connectivity index (χ2v) is 4.93. The molecule has 0 aliphatic rings. The fraction of sp³-hybridized carbons (Fsp3) is 0.667. The lowest BCUT2D eigenvalue weighted by Crippen LogP contribution is -2.48. The van der Waals surface area contributed by atoms with Crippen LogP contribution in [0, 0.1) is 0 Å². The van der Waals surface area contributed by atoms with Crippen molar-refractivity contribution >= 4 is 11.9 Å². The molecule has 1 amide bonds. The van der Waals surface area contributed by atoms with E-state index in [4.69, 9.17) is 0 Å². The average molecular weight is 242 g/mol. The zero-order chi connectivity index (χ0) is 13.5. The molecule has 0 fully saturated rings. The molecule has 0 rings (SSSR count). The Morgan fingerprint density at radius 2 is 1.88 bits per heavy atom. The Morgan fingerprint density at radius 3 is 2.35 bits per heavy atom. The van der Waals surface area contributed by atoms with E-state index in [1.165, 1.54) is 0 Å². The fourth-order valence-corrected chi connectivity index (χ4v) is 1.45. The molecule has 5 nitrogen and oxygen atoms in total. The number of carboxylic acid groups (broad SMARTS) is 1. The monoisotopic (exact) mass is 242 g/mol. The van der Waals surface area contributed by atoms with Gasteiger partial charge >= 0.3 is 0 Å². The van der Waals surface area contributed by atoms with Crippen molar-refractivity contribution in [2.75, 3.05) is 33.7 Å². The summed E-state index contributed by atoms with van der Waals surface area (Å²) >= 11 is 0. The number of hydrogen-bond donors (Lipinski definition) is 1. The number of likely N-dealkylation sites (N-methyl/N-ethyl adjacent to an activating group) is 1. The fourth-order valence-electron chi connectivity index (χ4n) is 1.45. The molecule has 0 heterocycles. The molecule has 0 aliphatic heterocycles. The van der Waals surface area contributed by atoms with Crippen LogP contribution in [-0.4, -0.2) is 50.1 Å². The predicted octanol–water partition coefficient (Wildman–Crippen LogP) is -0.715. The van der Waals surface area contributed by atoms with Crippen molar-refractivity contribution in [1.82, 2.24) is 5.32 Å². The van der Waals surface area contributed by atoms with Crippen molar-refractivity contribution in [1.29, 1.82) is 0 Å². The number of nitrogens with zero attached hydrogens (tertiary/aromatic N) is 1. The Balaban J connectivity index is 3.67. The van der Waals surface area contributed by atoms with E-state index in [1.807, 2.05) is 14.1 Å². The number of carbonyl (C=O) groups is 2. The number of aliphatic carboxylic acids is 1. The van der Waals surface area contributed by atoms with Gasteiger partial charge in [0.1, 0.15) is 6.54 Å². The van der Waals surface area contributed by atoms with E-state index in [2.05, 4.69) is 11.9 Å². The minimum absolute atomic E-state index is 0.0120. The lowest BCUT2D eigenvalue weighted by Gasteiger charge is -2.30. The van der Waals surface area contributed by atoms with Gasteiger partial charge in [-0.3, -0.25) is 4.79 Å². The van der Waals surface area contributed by atoms with Crippen molar-refractivity contribution in [2.45, 2.75) is 19.8 Å². The maximum atomic E-state index is 11.1. The summed E-state index contributed by atoms with van der Waals surface area (Å²) in [5.41, 5.74) is 0.498.